The molecule has 2 heteroatoms. The third-order valence-corrected chi connectivity index (χ3v) is 4.07. The van der Waals surface area contributed by atoms with Gasteiger partial charge < -0.3 is 10.1 Å². The fourth-order valence-electron chi connectivity index (χ4n) is 2.84. The van der Waals surface area contributed by atoms with Crippen molar-refractivity contribution in [2.75, 3.05) is 6.54 Å². The number of hydrogen-bond acceptors (Lipinski definition) is 2. The van der Waals surface area contributed by atoms with Crippen molar-refractivity contribution in [1.29, 1.82) is 0 Å². The summed E-state index contributed by atoms with van der Waals surface area (Å²) >= 11 is 0. The van der Waals surface area contributed by atoms with E-state index in [0.29, 0.717) is 12.1 Å². The molecule has 0 amide bonds. The molecular weight excluding hydrogens is 210 g/mol. The molecule has 0 aromatic heterocycles. The predicted octanol–water partition coefficient (Wildman–Crippen LogP) is 3.75. The first kappa shape index (κ1) is 15.0. The SMILES string of the molecule is CCCNC(C)C(CC)CC1CCC(C)(C)O1. The molecule has 1 saturated heterocycles. The van der Waals surface area contributed by atoms with Gasteiger partial charge in [-0.05, 0) is 58.9 Å². The van der Waals surface area contributed by atoms with E-state index in [9.17, 15) is 0 Å². The molecule has 1 fully saturated rings. The third kappa shape index (κ3) is 4.97. The second-order valence-corrected chi connectivity index (χ2v) is 6.19. The summed E-state index contributed by atoms with van der Waals surface area (Å²) in [4.78, 5) is 0. The normalized spacial score (nSPS) is 27.0. The molecule has 1 N–H and O–H groups in total. The topological polar surface area (TPSA) is 21.3 Å². The van der Waals surface area contributed by atoms with Gasteiger partial charge in [-0.15, -0.1) is 0 Å². The molecule has 0 aromatic carbocycles. The molecule has 0 bridgehead atoms. The van der Waals surface area contributed by atoms with Gasteiger partial charge in [0.1, 0.15) is 0 Å². The zero-order valence-electron chi connectivity index (χ0n) is 12.4. The maximum absolute atomic E-state index is 6.11. The summed E-state index contributed by atoms with van der Waals surface area (Å²) in [6.07, 6.45) is 6.62. The van der Waals surface area contributed by atoms with Crippen LogP contribution in [0.3, 0.4) is 0 Å². The summed E-state index contributed by atoms with van der Waals surface area (Å²) < 4.78 is 6.11. The van der Waals surface area contributed by atoms with Gasteiger partial charge in [0.2, 0.25) is 0 Å². The zero-order valence-corrected chi connectivity index (χ0v) is 12.4. The van der Waals surface area contributed by atoms with E-state index in [0.717, 1.165) is 12.5 Å². The van der Waals surface area contributed by atoms with Crippen LogP contribution in [0.25, 0.3) is 0 Å². The van der Waals surface area contributed by atoms with Crippen molar-refractivity contribution >= 4 is 0 Å². The van der Waals surface area contributed by atoms with Gasteiger partial charge in [0, 0.05) is 6.04 Å². The summed E-state index contributed by atoms with van der Waals surface area (Å²) in [6.45, 7) is 12.4. The summed E-state index contributed by atoms with van der Waals surface area (Å²) in [5, 5.41) is 3.62. The second kappa shape index (κ2) is 6.75. The van der Waals surface area contributed by atoms with Gasteiger partial charge in [-0.25, -0.2) is 0 Å². The highest BCUT2D eigenvalue weighted by molar-refractivity contribution is 4.84. The molecular formula is C15H31NO. The first-order valence-electron chi connectivity index (χ1n) is 7.39. The summed E-state index contributed by atoms with van der Waals surface area (Å²) in [6, 6.07) is 0.618. The van der Waals surface area contributed by atoms with Crippen molar-refractivity contribution < 1.29 is 4.74 Å². The Hall–Kier alpha value is -0.0800. The van der Waals surface area contributed by atoms with E-state index in [-0.39, 0.29) is 5.60 Å². The summed E-state index contributed by atoms with van der Waals surface area (Å²) in [5.41, 5.74) is 0.114. The Balaban J connectivity index is 2.36. The lowest BCUT2D eigenvalue weighted by molar-refractivity contribution is -0.0265. The van der Waals surface area contributed by atoms with Crippen molar-refractivity contribution in [3.05, 3.63) is 0 Å². The van der Waals surface area contributed by atoms with Gasteiger partial charge in [0.25, 0.3) is 0 Å². The van der Waals surface area contributed by atoms with E-state index < -0.39 is 0 Å². The number of ether oxygens (including phenoxy) is 1. The van der Waals surface area contributed by atoms with Gasteiger partial charge in [-0.3, -0.25) is 0 Å². The Morgan fingerprint density at radius 3 is 2.53 bits per heavy atom. The highest BCUT2D eigenvalue weighted by Crippen LogP contribution is 2.33. The lowest BCUT2D eigenvalue weighted by Crippen LogP contribution is -2.36. The van der Waals surface area contributed by atoms with Gasteiger partial charge in [0.05, 0.1) is 11.7 Å². The Kier molecular flexibility index (Phi) is 5.94. The van der Waals surface area contributed by atoms with Crippen LogP contribution in [0.2, 0.25) is 0 Å². The molecule has 0 radical (unpaired) electrons. The minimum atomic E-state index is 0.114. The van der Waals surface area contributed by atoms with E-state index in [1.807, 2.05) is 0 Å². The van der Waals surface area contributed by atoms with Gasteiger partial charge in [0.15, 0.2) is 0 Å². The van der Waals surface area contributed by atoms with Crippen LogP contribution in [0, 0.1) is 5.92 Å². The van der Waals surface area contributed by atoms with Crippen molar-refractivity contribution in [3.63, 3.8) is 0 Å². The van der Waals surface area contributed by atoms with Crippen LogP contribution in [-0.4, -0.2) is 24.3 Å². The number of rotatable bonds is 7. The highest BCUT2D eigenvalue weighted by atomic mass is 16.5. The molecule has 3 atom stereocenters. The lowest BCUT2D eigenvalue weighted by atomic mass is 9.90. The second-order valence-electron chi connectivity index (χ2n) is 6.19. The minimum absolute atomic E-state index is 0.114. The molecule has 1 heterocycles. The van der Waals surface area contributed by atoms with Gasteiger partial charge >= 0.3 is 0 Å². The van der Waals surface area contributed by atoms with Gasteiger partial charge in [-0.2, -0.15) is 0 Å². The van der Waals surface area contributed by atoms with Crippen LogP contribution >= 0.6 is 0 Å². The monoisotopic (exact) mass is 241 g/mol. The number of hydrogen-bond donors (Lipinski definition) is 1. The highest BCUT2D eigenvalue weighted by Gasteiger charge is 2.33. The minimum Gasteiger partial charge on any atom is -0.372 e. The quantitative estimate of drug-likeness (QED) is 0.733. The van der Waals surface area contributed by atoms with Crippen molar-refractivity contribution in [3.8, 4) is 0 Å². The smallest absolute Gasteiger partial charge is 0.0631 e. The van der Waals surface area contributed by atoms with E-state index >= 15 is 0 Å². The Morgan fingerprint density at radius 2 is 2.06 bits per heavy atom. The molecule has 1 rings (SSSR count). The van der Waals surface area contributed by atoms with Crippen LogP contribution in [0.1, 0.15) is 66.7 Å². The van der Waals surface area contributed by atoms with Gasteiger partial charge in [-0.1, -0.05) is 20.3 Å². The van der Waals surface area contributed by atoms with Crippen LogP contribution in [0.4, 0.5) is 0 Å². The first-order chi connectivity index (χ1) is 7.98. The van der Waals surface area contributed by atoms with Crippen LogP contribution < -0.4 is 5.32 Å². The van der Waals surface area contributed by atoms with Crippen molar-refractivity contribution in [2.45, 2.75) is 84.5 Å². The van der Waals surface area contributed by atoms with Crippen molar-refractivity contribution in [2.24, 2.45) is 5.92 Å². The average Bonchev–Trinajstić information content (AvgIpc) is 2.62. The van der Waals surface area contributed by atoms with E-state index in [2.05, 4.69) is 39.9 Å². The summed E-state index contributed by atoms with van der Waals surface area (Å²) in [5.74, 6) is 0.750. The summed E-state index contributed by atoms with van der Waals surface area (Å²) in [7, 11) is 0. The molecule has 0 spiro atoms. The lowest BCUT2D eigenvalue weighted by Gasteiger charge is -2.27. The molecule has 0 aliphatic carbocycles. The fraction of sp³-hybridized carbons (Fsp3) is 1.00. The van der Waals surface area contributed by atoms with E-state index in [1.54, 1.807) is 0 Å². The maximum atomic E-state index is 6.11. The zero-order chi connectivity index (χ0) is 12.9. The predicted molar refractivity (Wildman–Crippen MR) is 74.3 cm³/mol. The molecule has 2 nitrogen and oxygen atoms in total. The van der Waals surface area contributed by atoms with Crippen molar-refractivity contribution in [1.82, 2.24) is 5.32 Å². The maximum Gasteiger partial charge on any atom is 0.0631 e. The largest absolute Gasteiger partial charge is 0.372 e. The fourth-order valence-corrected chi connectivity index (χ4v) is 2.84. The third-order valence-electron chi connectivity index (χ3n) is 4.07. The van der Waals surface area contributed by atoms with E-state index in [1.165, 1.54) is 32.1 Å². The molecule has 1 aliphatic rings. The molecule has 102 valence electrons. The molecule has 0 saturated carbocycles. The first-order valence-corrected chi connectivity index (χ1v) is 7.39. The van der Waals surface area contributed by atoms with Crippen LogP contribution in [0.15, 0.2) is 0 Å². The molecule has 0 aromatic rings. The Bertz CT molecular complexity index is 215. The van der Waals surface area contributed by atoms with Crippen LogP contribution in [-0.2, 0) is 4.74 Å². The standard InChI is InChI=1S/C15H31NO/c1-6-10-16-12(3)13(7-2)11-14-8-9-15(4,5)17-14/h12-14,16H,6-11H2,1-5H3. The Morgan fingerprint density at radius 1 is 1.35 bits per heavy atom. The van der Waals surface area contributed by atoms with Crippen LogP contribution in [0.5, 0.6) is 0 Å². The Labute approximate surface area is 108 Å². The molecule has 3 unspecified atom stereocenters. The molecule has 1 aliphatic heterocycles. The van der Waals surface area contributed by atoms with E-state index in [4.69, 9.17) is 4.74 Å². The number of nitrogens with one attached hydrogen (secondary N) is 1. The average molecular weight is 241 g/mol. The molecule has 17 heavy (non-hydrogen) atoms.